The molecular weight excluding hydrogens is 468 g/mol. The number of methoxy groups -OCH3 is 1. The van der Waals surface area contributed by atoms with E-state index in [9.17, 15) is 9.59 Å². The monoisotopic (exact) mass is 498 g/mol. The van der Waals surface area contributed by atoms with E-state index < -0.39 is 6.09 Å². The highest BCUT2D eigenvalue weighted by Crippen LogP contribution is 2.41. The van der Waals surface area contributed by atoms with Crippen molar-refractivity contribution in [2.45, 2.75) is 45.6 Å². The molecule has 2 heterocycles. The summed E-state index contributed by atoms with van der Waals surface area (Å²) in [6.07, 6.45) is 2.91. The lowest BCUT2D eigenvalue weighted by atomic mass is 9.89. The molecule has 1 aliphatic rings. The lowest BCUT2D eigenvalue weighted by Gasteiger charge is -2.22. The van der Waals surface area contributed by atoms with Crippen molar-refractivity contribution >= 4 is 34.0 Å². The van der Waals surface area contributed by atoms with E-state index in [1.54, 1.807) is 13.2 Å². The fourth-order valence-corrected chi connectivity index (χ4v) is 5.39. The minimum Gasteiger partial charge on any atom is -0.497 e. The fourth-order valence-electron chi connectivity index (χ4n) is 4.09. The normalized spacial score (nSPS) is 14.7. The topological polar surface area (TPSA) is 129 Å². The van der Waals surface area contributed by atoms with Gasteiger partial charge in [-0.15, -0.1) is 11.3 Å². The van der Waals surface area contributed by atoms with Crippen LogP contribution >= 0.6 is 11.3 Å². The smallest absolute Gasteiger partial charge is 0.407 e. The molecule has 35 heavy (non-hydrogen) atoms. The number of aromatic nitrogens is 1. The molecule has 9 nitrogen and oxygen atoms in total. The molecular formula is C25H30N4O5S. The van der Waals surface area contributed by atoms with E-state index in [-0.39, 0.29) is 18.4 Å². The largest absolute Gasteiger partial charge is 0.497 e. The number of hydrogen-bond donors (Lipinski definition) is 3. The number of anilines is 2. The SMILES string of the molecule is COc1cccc(CCC(=O)Nc2sc3c(c2N)CCC(COC(=O)NCc2cc(C)no2)C3)c1. The van der Waals surface area contributed by atoms with Gasteiger partial charge in [0.1, 0.15) is 10.8 Å². The average molecular weight is 499 g/mol. The van der Waals surface area contributed by atoms with Crippen molar-refractivity contribution in [3.8, 4) is 5.75 Å². The van der Waals surface area contributed by atoms with Crippen LogP contribution in [-0.2, 0) is 35.3 Å². The van der Waals surface area contributed by atoms with Crippen molar-refractivity contribution in [1.29, 1.82) is 0 Å². The summed E-state index contributed by atoms with van der Waals surface area (Å²) in [6.45, 7) is 2.37. The Morgan fingerprint density at radius 2 is 2.17 bits per heavy atom. The number of nitrogens with two attached hydrogens (primary N) is 1. The van der Waals surface area contributed by atoms with Gasteiger partial charge in [-0.05, 0) is 61.8 Å². The number of nitrogen functional groups attached to an aromatic ring is 1. The van der Waals surface area contributed by atoms with Gasteiger partial charge in [0, 0.05) is 17.4 Å². The number of hydrogen-bond acceptors (Lipinski definition) is 8. The van der Waals surface area contributed by atoms with Gasteiger partial charge in [-0.1, -0.05) is 17.3 Å². The summed E-state index contributed by atoms with van der Waals surface area (Å²) in [5.41, 5.74) is 9.90. The molecule has 3 aromatic rings. The van der Waals surface area contributed by atoms with Gasteiger partial charge in [0.2, 0.25) is 5.91 Å². The first-order chi connectivity index (χ1) is 16.9. The molecule has 1 aromatic carbocycles. The van der Waals surface area contributed by atoms with Crippen LogP contribution in [-0.4, -0.2) is 30.9 Å². The summed E-state index contributed by atoms with van der Waals surface area (Å²) in [5.74, 6) is 1.49. The van der Waals surface area contributed by atoms with Crippen molar-refractivity contribution in [3.05, 3.63) is 57.8 Å². The summed E-state index contributed by atoms with van der Waals surface area (Å²) >= 11 is 1.51. The van der Waals surface area contributed by atoms with Gasteiger partial charge >= 0.3 is 6.09 Å². The molecule has 0 spiro atoms. The summed E-state index contributed by atoms with van der Waals surface area (Å²) < 4.78 is 15.7. The molecule has 2 amide bonds. The van der Waals surface area contributed by atoms with E-state index in [0.717, 1.165) is 46.7 Å². The Bertz CT molecular complexity index is 1190. The van der Waals surface area contributed by atoms with Crippen molar-refractivity contribution < 1.29 is 23.6 Å². The molecule has 0 bridgehead atoms. The van der Waals surface area contributed by atoms with Crippen LogP contribution in [0.3, 0.4) is 0 Å². The molecule has 0 fully saturated rings. The number of aryl methyl sites for hydroxylation is 2. The fraction of sp³-hybridized carbons (Fsp3) is 0.400. The van der Waals surface area contributed by atoms with Crippen molar-refractivity contribution in [1.82, 2.24) is 10.5 Å². The van der Waals surface area contributed by atoms with Crippen molar-refractivity contribution in [2.75, 3.05) is 24.8 Å². The van der Waals surface area contributed by atoms with E-state index in [1.807, 2.05) is 31.2 Å². The molecule has 4 N–H and O–H groups in total. The Kier molecular flexibility index (Phi) is 7.91. The van der Waals surface area contributed by atoms with E-state index in [2.05, 4.69) is 15.8 Å². The summed E-state index contributed by atoms with van der Waals surface area (Å²) in [4.78, 5) is 25.7. The van der Waals surface area contributed by atoms with Gasteiger partial charge in [0.15, 0.2) is 5.76 Å². The van der Waals surface area contributed by atoms with E-state index in [0.29, 0.717) is 35.9 Å². The number of thiophene rings is 1. The molecule has 0 saturated heterocycles. The number of nitrogens with zero attached hydrogens (tertiary/aromatic N) is 1. The summed E-state index contributed by atoms with van der Waals surface area (Å²) in [6, 6.07) is 9.47. The van der Waals surface area contributed by atoms with Crippen LogP contribution in [0.1, 0.15) is 40.3 Å². The average Bonchev–Trinajstić information content (AvgIpc) is 3.42. The highest BCUT2D eigenvalue weighted by Gasteiger charge is 2.26. The molecule has 10 heteroatoms. The predicted molar refractivity (Wildman–Crippen MR) is 134 cm³/mol. The van der Waals surface area contributed by atoms with Crippen LogP contribution < -0.4 is 21.1 Å². The van der Waals surface area contributed by atoms with Crippen LogP contribution in [0.5, 0.6) is 5.75 Å². The Morgan fingerprint density at radius 1 is 1.31 bits per heavy atom. The molecule has 0 saturated carbocycles. The number of nitrogens with one attached hydrogen (secondary N) is 2. The second kappa shape index (κ2) is 11.3. The lowest BCUT2D eigenvalue weighted by Crippen LogP contribution is -2.27. The quantitative estimate of drug-likeness (QED) is 0.402. The molecule has 0 radical (unpaired) electrons. The zero-order valence-corrected chi connectivity index (χ0v) is 20.7. The molecule has 1 aliphatic carbocycles. The van der Waals surface area contributed by atoms with Crippen LogP contribution in [0, 0.1) is 12.8 Å². The van der Waals surface area contributed by atoms with Gasteiger partial charge in [0.25, 0.3) is 0 Å². The summed E-state index contributed by atoms with van der Waals surface area (Å²) in [5, 5.41) is 10.1. The van der Waals surface area contributed by atoms with Crippen LogP contribution in [0.25, 0.3) is 0 Å². The number of benzene rings is 1. The third kappa shape index (κ3) is 6.54. The van der Waals surface area contributed by atoms with Crippen molar-refractivity contribution in [3.63, 3.8) is 0 Å². The second-order valence-corrected chi connectivity index (χ2v) is 9.75. The molecule has 1 atom stereocenters. The maximum atomic E-state index is 12.5. The maximum absolute atomic E-state index is 12.5. The highest BCUT2D eigenvalue weighted by atomic mass is 32.1. The van der Waals surface area contributed by atoms with Crippen molar-refractivity contribution in [2.24, 2.45) is 5.92 Å². The number of amides is 2. The Labute approximate surface area is 208 Å². The van der Waals surface area contributed by atoms with Gasteiger partial charge in [0.05, 0.1) is 31.6 Å². The number of fused-ring (bicyclic) bond motifs is 1. The number of ether oxygens (including phenoxy) is 2. The summed E-state index contributed by atoms with van der Waals surface area (Å²) in [7, 11) is 1.62. The maximum Gasteiger partial charge on any atom is 0.407 e. The zero-order chi connectivity index (χ0) is 24.8. The van der Waals surface area contributed by atoms with Crippen LogP contribution in [0.4, 0.5) is 15.5 Å². The molecule has 1 unspecified atom stereocenters. The first-order valence-corrected chi connectivity index (χ1v) is 12.4. The van der Waals surface area contributed by atoms with E-state index >= 15 is 0 Å². The first-order valence-electron chi connectivity index (χ1n) is 11.6. The van der Waals surface area contributed by atoms with E-state index in [1.165, 1.54) is 11.3 Å². The van der Waals surface area contributed by atoms with Gasteiger partial charge in [-0.25, -0.2) is 4.79 Å². The molecule has 0 aliphatic heterocycles. The molecule has 4 rings (SSSR count). The number of alkyl carbamates (subject to hydrolysis) is 1. The standard InChI is InChI=1S/C25H30N4O5S/c1-15-10-19(34-29-15)13-27-25(31)33-14-17-6-8-20-21(12-17)35-24(23(20)26)28-22(30)9-7-16-4-3-5-18(11-16)32-2/h3-5,10-11,17H,6-9,12-14,26H2,1-2H3,(H,27,31)(H,28,30). The van der Waals surface area contributed by atoms with Gasteiger partial charge < -0.3 is 30.4 Å². The number of carbonyl (C=O) groups excluding carboxylic acids is 2. The number of rotatable bonds is 9. The van der Waals surface area contributed by atoms with Crippen LogP contribution in [0.2, 0.25) is 0 Å². The van der Waals surface area contributed by atoms with E-state index in [4.69, 9.17) is 19.7 Å². The Balaban J connectivity index is 1.24. The number of carbonyl (C=O) groups is 2. The highest BCUT2D eigenvalue weighted by molar-refractivity contribution is 7.17. The minimum atomic E-state index is -0.487. The third-order valence-electron chi connectivity index (χ3n) is 5.97. The first kappa shape index (κ1) is 24.6. The Hall–Kier alpha value is -3.53. The lowest BCUT2D eigenvalue weighted by molar-refractivity contribution is -0.116. The van der Waals surface area contributed by atoms with Crippen LogP contribution in [0.15, 0.2) is 34.9 Å². The second-order valence-electron chi connectivity index (χ2n) is 8.64. The molecule has 186 valence electrons. The van der Waals surface area contributed by atoms with Gasteiger partial charge in [-0.2, -0.15) is 0 Å². The molecule has 2 aromatic heterocycles. The minimum absolute atomic E-state index is 0.0726. The third-order valence-corrected chi connectivity index (χ3v) is 7.16. The zero-order valence-electron chi connectivity index (χ0n) is 19.9. The Morgan fingerprint density at radius 3 is 2.94 bits per heavy atom. The predicted octanol–water partition coefficient (Wildman–Crippen LogP) is 4.24. The van der Waals surface area contributed by atoms with Gasteiger partial charge in [-0.3, -0.25) is 4.79 Å².